The summed E-state index contributed by atoms with van der Waals surface area (Å²) in [6, 6.07) is 5.57. The van der Waals surface area contributed by atoms with E-state index in [1.165, 1.54) is 0 Å². The van der Waals surface area contributed by atoms with Crippen molar-refractivity contribution in [3.8, 4) is 0 Å². The van der Waals surface area contributed by atoms with Gasteiger partial charge in [0.2, 0.25) is 0 Å². The lowest BCUT2D eigenvalue weighted by Crippen LogP contribution is -2.06. The molecule has 2 aromatic rings. The number of carboxylic acid groups (broad SMARTS) is 1. The lowest BCUT2D eigenvalue weighted by Gasteiger charge is -2.14. The highest BCUT2D eigenvalue weighted by atomic mass is 35.5. The molecular formula is C13H13Cl2NO2. The van der Waals surface area contributed by atoms with Crippen molar-refractivity contribution in [3.05, 3.63) is 34.4 Å². The summed E-state index contributed by atoms with van der Waals surface area (Å²) in [4.78, 5) is 10.6. The fraction of sp³-hybridized carbons (Fsp3) is 0.308. The third kappa shape index (κ3) is 2.62. The summed E-state index contributed by atoms with van der Waals surface area (Å²) in [7, 11) is 0. The minimum Gasteiger partial charge on any atom is -0.481 e. The highest BCUT2D eigenvalue weighted by Crippen LogP contribution is 2.31. The van der Waals surface area contributed by atoms with E-state index in [4.69, 9.17) is 28.3 Å². The van der Waals surface area contributed by atoms with Crippen LogP contribution in [0.1, 0.15) is 25.8 Å². The van der Waals surface area contributed by atoms with E-state index in [1.807, 2.05) is 29.8 Å². The van der Waals surface area contributed by atoms with Gasteiger partial charge in [-0.2, -0.15) is 0 Å². The Kier molecular flexibility index (Phi) is 3.83. The van der Waals surface area contributed by atoms with Gasteiger partial charge in [0.15, 0.2) is 0 Å². The molecule has 1 atom stereocenters. The molecule has 2 rings (SSSR count). The number of carboxylic acids is 1. The van der Waals surface area contributed by atoms with Gasteiger partial charge in [-0.3, -0.25) is 4.79 Å². The molecule has 1 aromatic carbocycles. The van der Waals surface area contributed by atoms with Crippen LogP contribution in [0.3, 0.4) is 0 Å². The quantitative estimate of drug-likeness (QED) is 0.906. The van der Waals surface area contributed by atoms with Crippen LogP contribution >= 0.6 is 23.2 Å². The van der Waals surface area contributed by atoms with Crippen LogP contribution in [0.15, 0.2) is 24.4 Å². The van der Waals surface area contributed by atoms with Crippen molar-refractivity contribution < 1.29 is 9.90 Å². The fourth-order valence-corrected chi connectivity index (χ4v) is 2.59. The molecule has 0 saturated heterocycles. The van der Waals surface area contributed by atoms with E-state index in [0.717, 1.165) is 10.9 Å². The van der Waals surface area contributed by atoms with Crippen molar-refractivity contribution in [1.29, 1.82) is 0 Å². The number of hydrogen-bond donors (Lipinski definition) is 1. The summed E-state index contributed by atoms with van der Waals surface area (Å²) in [5.41, 5.74) is 0.936. The topological polar surface area (TPSA) is 42.2 Å². The molecule has 0 saturated carbocycles. The molecule has 0 fully saturated rings. The van der Waals surface area contributed by atoms with Crippen molar-refractivity contribution in [2.45, 2.75) is 25.8 Å². The minimum absolute atomic E-state index is 0.0909. The van der Waals surface area contributed by atoms with Crippen molar-refractivity contribution in [1.82, 2.24) is 4.57 Å². The number of aliphatic carboxylic acids is 1. The molecule has 0 aliphatic carbocycles. The van der Waals surface area contributed by atoms with Gasteiger partial charge in [0.25, 0.3) is 0 Å². The minimum atomic E-state index is -0.783. The van der Waals surface area contributed by atoms with Crippen LogP contribution in [0.2, 0.25) is 10.0 Å². The zero-order valence-electron chi connectivity index (χ0n) is 9.86. The Morgan fingerprint density at radius 1 is 1.44 bits per heavy atom. The van der Waals surface area contributed by atoms with Crippen molar-refractivity contribution in [3.63, 3.8) is 0 Å². The summed E-state index contributed by atoms with van der Waals surface area (Å²) >= 11 is 12.1. The van der Waals surface area contributed by atoms with Crippen molar-refractivity contribution >= 4 is 40.1 Å². The van der Waals surface area contributed by atoms with Gasteiger partial charge in [-0.05, 0) is 31.5 Å². The summed E-state index contributed by atoms with van der Waals surface area (Å²) in [6.45, 7) is 1.98. The first-order valence-corrected chi connectivity index (χ1v) is 6.42. The molecular weight excluding hydrogens is 273 g/mol. The number of aromatic nitrogens is 1. The standard InChI is InChI=1S/C13H13Cl2NO2/c1-8(2-3-13(17)18)16-5-4-10-11(15)6-9(14)7-12(10)16/h4-8H,2-3H2,1H3,(H,17,18). The van der Waals surface area contributed by atoms with Gasteiger partial charge in [0, 0.05) is 29.1 Å². The Morgan fingerprint density at radius 3 is 2.83 bits per heavy atom. The molecule has 0 bridgehead atoms. The second-order valence-electron chi connectivity index (χ2n) is 4.32. The Hall–Kier alpha value is -1.19. The zero-order chi connectivity index (χ0) is 13.3. The largest absolute Gasteiger partial charge is 0.481 e. The molecule has 0 radical (unpaired) electrons. The summed E-state index contributed by atoms with van der Waals surface area (Å²) < 4.78 is 2.01. The van der Waals surface area contributed by atoms with Crippen LogP contribution in [-0.2, 0) is 4.79 Å². The van der Waals surface area contributed by atoms with E-state index in [9.17, 15) is 4.79 Å². The third-order valence-corrected chi connectivity index (χ3v) is 3.53. The van der Waals surface area contributed by atoms with Gasteiger partial charge in [-0.25, -0.2) is 0 Å². The Balaban J connectivity index is 2.36. The molecule has 1 heterocycles. The first kappa shape index (κ1) is 13.2. The molecule has 1 unspecified atom stereocenters. The summed E-state index contributed by atoms with van der Waals surface area (Å²) in [6.07, 6.45) is 2.64. The van der Waals surface area contributed by atoms with E-state index in [1.54, 1.807) is 6.07 Å². The van der Waals surface area contributed by atoms with Crippen molar-refractivity contribution in [2.75, 3.05) is 0 Å². The van der Waals surface area contributed by atoms with Gasteiger partial charge >= 0.3 is 5.97 Å². The fourth-order valence-electron chi connectivity index (χ4n) is 2.04. The van der Waals surface area contributed by atoms with E-state index < -0.39 is 5.97 Å². The molecule has 0 aliphatic rings. The van der Waals surface area contributed by atoms with Crippen LogP contribution in [0.25, 0.3) is 10.9 Å². The van der Waals surface area contributed by atoms with E-state index in [0.29, 0.717) is 16.5 Å². The molecule has 1 N–H and O–H groups in total. The summed E-state index contributed by atoms with van der Waals surface area (Å²) in [5.74, 6) is -0.783. The third-order valence-electron chi connectivity index (χ3n) is 3.00. The average Bonchev–Trinajstić information content (AvgIpc) is 2.69. The molecule has 18 heavy (non-hydrogen) atoms. The van der Waals surface area contributed by atoms with Crippen LogP contribution in [0, 0.1) is 0 Å². The van der Waals surface area contributed by atoms with Gasteiger partial charge in [-0.1, -0.05) is 23.2 Å². The number of halogens is 2. The predicted molar refractivity (Wildman–Crippen MR) is 73.5 cm³/mol. The molecule has 1 aromatic heterocycles. The number of carbonyl (C=O) groups is 1. The highest BCUT2D eigenvalue weighted by Gasteiger charge is 2.12. The first-order valence-electron chi connectivity index (χ1n) is 5.66. The van der Waals surface area contributed by atoms with Gasteiger partial charge < -0.3 is 9.67 Å². The van der Waals surface area contributed by atoms with E-state index >= 15 is 0 Å². The van der Waals surface area contributed by atoms with Crippen LogP contribution < -0.4 is 0 Å². The number of hydrogen-bond acceptors (Lipinski definition) is 1. The van der Waals surface area contributed by atoms with Gasteiger partial charge in [0.05, 0.1) is 10.5 Å². The second-order valence-corrected chi connectivity index (χ2v) is 5.17. The number of nitrogens with zero attached hydrogens (tertiary/aromatic N) is 1. The molecule has 0 spiro atoms. The van der Waals surface area contributed by atoms with E-state index in [-0.39, 0.29) is 12.5 Å². The maximum absolute atomic E-state index is 10.6. The molecule has 5 heteroatoms. The van der Waals surface area contributed by atoms with Crippen LogP contribution in [0.5, 0.6) is 0 Å². The Bertz CT molecular complexity index is 592. The maximum Gasteiger partial charge on any atom is 0.303 e. The maximum atomic E-state index is 10.6. The lowest BCUT2D eigenvalue weighted by atomic mass is 10.1. The number of fused-ring (bicyclic) bond motifs is 1. The lowest BCUT2D eigenvalue weighted by molar-refractivity contribution is -0.137. The SMILES string of the molecule is CC(CCC(=O)O)n1ccc2c(Cl)cc(Cl)cc21. The molecule has 3 nitrogen and oxygen atoms in total. The van der Waals surface area contributed by atoms with Crippen LogP contribution in [0.4, 0.5) is 0 Å². The normalized spacial score (nSPS) is 12.8. The van der Waals surface area contributed by atoms with Gasteiger partial charge in [-0.15, -0.1) is 0 Å². The average molecular weight is 286 g/mol. The van der Waals surface area contributed by atoms with Crippen LogP contribution in [-0.4, -0.2) is 15.6 Å². The van der Waals surface area contributed by atoms with Gasteiger partial charge in [0.1, 0.15) is 0 Å². The molecule has 96 valence electrons. The van der Waals surface area contributed by atoms with Crippen molar-refractivity contribution in [2.24, 2.45) is 0 Å². The second kappa shape index (κ2) is 5.21. The number of rotatable bonds is 4. The smallest absolute Gasteiger partial charge is 0.303 e. The monoisotopic (exact) mass is 285 g/mol. The number of benzene rings is 1. The first-order chi connectivity index (χ1) is 8.49. The summed E-state index contributed by atoms with van der Waals surface area (Å²) in [5, 5.41) is 10.8. The predicted octanol–water partition coefficient (Wildman–Crippen LogP) is 4.37. The zero-order valence-corrected chi connectivity index (χ0v) is 11.4. The van der Waals surface area contributed by atoms with E-state index in [2.05, 4.69) is 0 Å². The Morgan fingerprint density at radius 2 is 2.17 bits per heavy atom. The molecule has 0 amide bonds. The molecule has 0 aliphatic heterocycles. The highest BCUT2D eigenvalue weighted by molar-refractivity contribution is 6.38. The Labute approximate surface area is 115 Å².